The van der Waals surface area contributed by atoms with Gasteiger partial charge in [-0.2, -0.15) is 0 Å². The molecule has 0 spiro atoms. The molecular weight excluding hydrogens is 521 g/mol. The first-order valence-corrected chi connectivity index (χ1v) is 12.3. The van der Waals surface area contributed by atoms with Crippen LogP contribution < -0.4 is 10.6 Å². The molecule has 0 unspecified atom stereocenters. The van der Waals surface area contributed by atoms with E-state index in [0.717, 1.165) is 25.5 Å². The van der Waals surface area contributed by atoms with Gasteiger partial charge in [-0.3, -0.25) is 4.99 Å². The highest BCUT2D eigenvalue weighted by atomic mass is 127. The van der Waals surface area contributed by atoms with Gasteiger partial charge in [-0.15, -0.1) is 24.0 Å². The third kappa shape index (κ3) is 9.63. The first-order valence-electron chi connectivity index (χ1n) is 12.3. The Morgan fingerprint density at radius 1 is 0.818 bits per heavy atom. The molecule has 5 nitrogen and oxygen atoms in total. The minimum Gasteiger partial charge on any atom is -0.356 e. The van der Waals surface area contributed by atoms with E-state index >= 15 is 0 Å². The molecule has 0 atom stereocenters. The molecule has 3 rings (SSSR count). The number of hydrogen-bond acceptors (Lipinski definition) is 3. The highest BCUT2D eigenvalue weighted by Crippen LogP contribution is 2.27. The van der Waals surface area contributed by atoms with Crippen molar-refractivity contribution in [2.75, 3.05) is 59.4 Å². The van der Waals surface area contributed by atoms with Gasteiger partial charge in [0.2, 0.25) is 0 Å². The van der Waals surface area contributed by atoms with Gasteiger partial charge in [0.1, 0.15) is 0 Å². The van der Waals surface area contributed by atoms with Gasteiger partial charge in [0.05, 0.1) is 0 Å². The third-order valence-electron chi connectivity index (χ3n) is 6.46. The van der Waals surface area contributed by atoms with E-state index in [1.54, 1.807) is 0 Å². The lowest BCUT2D eigenvalue weighted by molar-refractivity contribution is 0.136. The SMILES string of the molecule is CCN1CCN(CCCCNC(=NC)NCCC(c2ccccc2)c2ccccc2)CC1.I. The fourth-order valence-electron chi connectivity index (χ4n) is 4.45. The van der Waals surface area contributed by atoms with Crippen LogP contribution in [0.15, 0.2) is 65.7 Å². The van der Waals surface area contributed by atoms with Crippen LogP contribution in [0.5, 0.6) is 0 Å². The Balaban J connectivity index is 0.00000385. The molecule has 0 aromatic heterocycles. The van der Waals surface area contributed by atoms with Crippen molar-refractivity contribution in [3.05, 3.63) is 71.8 Å². The number of benzene rings is 2. The van der Waals surface area contributed by atoms with Crippen LogP contribution in [-0.2, 0) is 0 Å². The molecule has 0 aliphatic carbocycles. The maximum atomic E-state index is 4.41. The van der Waals surface area contributed by atoms with Crippen molar-refractivity contribution in [3.63, 3.8) is 0 Å². The van der Waals surface area contributed by atoms with Crippen molar-refractivity contribution in [2.45, 2.75) is 32.1 Å². The smallest absolute Gasteiger partial charge is 0.190 e. The Labute approximate surface area is 218 Å². The summed E-state index contributed by atoms with van der Waals surface area (Å²) in [7, 11) is 1.86. The molecule has 2 aromatic rings. The topological polar surface area (TPSA) is 42.9 Å². The largest absolute Gasteiger partial charge is 0.356 e. The lowest BCUT2D eigenvalue weighted by atomic mass is 9.88. The van der Waals surface area contributed by atoms with Crippen molar-refractivity contribution >= 4 is 29.9 Å². The van der Waals surface area contributed by atoms with Gasteiger partial charge in [-0.1, -0.05) is 67.6 Å². The zero-order valence-electron chi connectivity index (χ0n) is 20.4. The van der Waals surface area contributed by atoms with Gasteiger partial charge in [0.15, 0.2) is 5.96 Å². The van der Waals surface area contributed by atoms with Crippen LogP contribution in [0.25, 0.3) is 0 Å². The van der Waals surface area contributed by atoms with Gasteiger partial charge < -0.3 is 20.4 Å². The Hall–Kier alpha value is -1.64. The molecule has 0 amide bonds. The third-order valence-corrected chi connectivity index (χ3v) is 6.46. The standard InChI is InChI=1S/C27H41N5.HI/c1-3-31-20-22-32(23-21-31)19-11-10-17-29-27(28-2)30-18-16-26(24-12-6-4-7-13-24)25-14-8-5-9-15-25;/h4-9,12-15,26H,3,10-11,16-23H2,1-2H3,(H2,28,29,30);1H. The number of unbranched alkanes of at least 4 members (excludes halogenated alkanes) is 1. The predicted molar refractivity (Wildman–Crippen MR) is 152 cm³/mol. The molecule has 0 saturated carbocycles. The van der Waals surface area contributed by atoms with Crippen LogP contribution in [0.4, 0.5) is 0 Å². The van der Waals surface area contributed by atoms with Crippen molar-refractivity contribution in [1.82, 2.24) is 20.4 Å². The van der Waals surface area contributed by atoms with E-state index in [-0.39, 0.29) is 24.0 Å². The number of rotatable bonds is 11. The fourth-order valence-corrected chi connectivity index (χ4v) is 4.45. The summed E-state index contributed by atoms with van der Waals surface area (Å²) in [5, 5.41) is 7.00. The van der Waals surface area contributed by atoms with E-state index in [1.807, 2.05) is 7.05 Å². The number of halogens is 1. The van der Waals surface area contributed by atoms with Gasteiger partial charge in [-0.25, -0.2) is 0 Å². The zero-order valence-corrected chi connectivity index (χ0v) is 22.7. The summed E-state index contributed by atoms with van der Waals surface area (Å²) in [5.41, 5.74) is 2.73. The lowest BCUT2D eigenvalue weighted by Gasteiger charge is -2.34. The Morgan fingerprint density at radius 2 is 1.36 bits per heavy atom. The molecule has 6 heteroatoms. The second-order valence-corrected chi connectivity index (χ2v) is 8.57. The monoisotopic (exact) mass is 563 g/mol. The van der Waals surface area contributed by atoms with E-state index in [0.29, 0.717) is 5.92 Å². The van der Waals surface area contributed by atoms with Gasteiger partial charge in [-0.05, 0) is 43.5 Å². The molecule has 182 valence electrons. The van der Waals surface area contributed by atoms with Crippen molar-refractivity contribution in [2.24, 2.45) is 4.99 Å². The highest BCUT2D eigenvalue weighted by molar-refractivity contribution is 14.0. The van der Waals surface area contributed by atoms with Crippen molar-refractivity contribution < 1.29 is 0 Å². The fraction of sp³-hybridized carbons (Fsp3) is 0.519. The number of nitrogens with zero attached hydrogens (tertiary/aromatic N) is 3. The van der Waals surface area contributed by atoms with Gasteiger partial charge in [0, 0.05) is 52.2 Å². The average molecular weight is 564 g/mol. The molecule has 1 aliphatic rings. The summed E-state index contributed by atoms with van der Waals surface area (Å²) >= 11 is 0. The molecule has 0 radical (unpaired) electrons. The second kappa shape index (κ2) is 16.1. The van der Waals surface area contributed by atoms with Crippen LogP contribution in [0, 0.1) is 0 Å². The van der Waals surface area contributed by atoms with Gasteiger partial charge in [0.25, 0.3) is 0 Å². The Morgan fingerprint density at radius 3 is 1.91 bits per heavy atom. The summed E-state index contributed by atoms with van der Waals surface area (Å²) in [4.78, 5) is 9.55. The maximum Gasteiger partial charge on any atom is 0.190 e. The number of aliphatic imine (C=N–C) groups is 1. The number of hydrogen-bond donors (Lipinski definition) is 2. The maximum absolute atomic E-state index is 4.41. The van der Waals surface area contributed by atoms with Crippen LogP contribution in [0.3, 0.4) is 0 Å². The minimum absolute atomic E-state index is 0. The number of nitrogens with one attached hydrogen (secondary N) is 2. The molecule has 1 saturated heterocycles. The summed E-state index contributed by atoms with van der Waals surface area (Å²) in [6.45, 7) is 11.4. The van der Waals surface area contributed by atoms with Crippen LogP contribution >= 0.6 is 24.0 Å². The molecule has 2 N–H and O–H groups in total. The molecular formula is C27H42IN5. The number of likely N-dealkylation sites (N-methyl/N-ethyl adjacent to an activating group) is 1. The highest BCUT2D eigenvalue weighted by Gasteiger charge is 2.15. The van der Waals surface area contributed by atoms with E-state index in [9.17, 15) is 0 Å². The van der Waals surface area contributed by atoms with Crippen molar-refractivity contribution in [3.8, 4) is 0 Å². The van der Waals surface area contributed by atoms with E-state index < -0.39 is 0 Å². The summed E-state index contributed by atoms with van der Waals surface area (Å²) < 4.78 is 0. The first-order chi connectivity index (χ1) is 15.8. The number of piperazine rings is 1. The normalized spacial score (nSPS) is 15.3. The molecule has 1 aliphatic heterocycles. The van der Waals surface area contributed by atoms with Crippen LogP contribution in [-0.4, -0.2) is 75.2 Å². The van der Waals surface area contributed by atoms with Gasteiger partial charge >= 0.3 is 0 Å². The number of guanidine groups is 1. The van der Waals surface area contributed by atoms with E-state index in [2.05, 4.69) is 93.0 Å². The van der Waals surface area contributed by atoms with E-state index in [1.165, 1.54) is 63.2 Å². The Kier molecular flexibility index (Phi) is 13.4. The lowest BCUT2D eigenvalue weighted by Crippen LogP contribution is -2.46. The molecule has 1 heterocycles. The zero-order chi connectivity index (χ0) is 22.4. The molecule has 1 fully saturated rings. The minimum atomic E-state index is 0. The molecule has 0 bridgehead atoms. The van der Waals surface area contributed by atoms with Crippen LogP contribution in [0.1, 0.15) is 43.2 Å². The average Bonchev–Trinajstić information content (AvgIpc) is 2.86. The first kappa shape index (κ1) is 27.6. The van der Waals surface area contributed by atoms with Crippen molar-refractivity contribution in [1.29, 1.82) is 0 Å². The molecule has 2 aromatic carbocycles. The summed E-state index contributed by atoms with van der Waals surface area (Å²) in [6, 6.07) is 21.6. The predicted octanol–water partition coefficient (Wildman–Crippen LogP) is 4.41. The summed E-state index contributed by atoms with van der Waals surface area (Å²) in [6.07, 6.45) is 3.43. The summed E-state index contributed by atoms with van der Waals surface area (Å²) in [5.74, 6) is 1.29. The van der Waals surface area contributed by atoms with Crippen LogP contribution in [0.2, 0.25) is 0 Å². The Bertz CT molecular complexity index is 736. The quantitative estimate of drug-likeness (QED) is 0.184. The molecule has 33 heavy (non-hydrogen) atoms. The second-order valence-electron chi connectivity index (χ2n) is 8.57. The van der Waals surface area contributed by atoms with E-state index in [4.69, 9.17) is 0 Å².